The zero-order chi connectivity index (χ0) is 22.5. The van der Waals surface area contributed by atoms with Crippen LogP contribution in [0.4, 0.5) is 11.4 Å². The summed E-state index contributed by atoms with van der Waals surface area (Å²) >= 11 is 0. The van der Waals surface area contributed by atoms with Gasteiger partial charge in [-0.25, -0.2) is 0 Å². The van der Waals surface area contributed by atoms with Gasteiger partial charge in [0.25, 0.3) is 0 Å². The van der Waals surface area contributed by atoms with E-state index in [1.165, 1.54) is 5.56 Å². The molecule has 3 aromatic rings. The number of carbonyl (C=O) groups is 2. The van der Waals surface area contributed by atoms with E-state index in [4.69, 9.17) is 9.41 Å². The lowest BCUT2D eigenvalue weighted by molar-refractivity contribution is -0.123. The highest BCUT2D eigenvalue weighted by Crippen LogP contribution is 2.49. The number of Topliss-reactive ketones (excluding diaryl/α,β-unsaturated/α-hetero) is 1. The largest absolute Gasteiger partial charge is 0.467 e. The van der Waals surface area contributed by atoms with Crippen LogP contribution in [-0.4, -0.2) is 17.4 Å². The third-order valence-corrected chi connectivity index (χ3v) is 7.16. The molecule has 166 valence electrons. The fourth-order valence-corrected chi connectivity index (χ4v) is 5.30. The zero-order valence-corrected chi connectivity index (χ0v) is 18.6. The summed E-state index contributed by atoms with van der Waals surface area (Å²) in [5.74, 6) is 0.412. The van der Waals surface area contributed by atoms with Gasteiger partial charge in [0.15, 0.2) is 0 Å². The van der Waals surface area contributed by atoms with Gasteiger partial charge in [-0.1, -0.05) is 42.0 Å². The Morgan fingerprint density at radius 3 is 2.52 bits per heavy atom. The van der Waals surface area contributed by atoms with Gasteiger partial charge in [0.05, 0.1) is 23.6 Å². The lowest BCUT2D eigenvalue weighted by Gasteiger charge is -2.37. The number of carbonyl (C=O) groups excluding carboxylic acids is 2. The summed E-state index contributed by atoms with van der Waals surface area (Å²) < 4.78 is 5.85. The summed E-state index contributed by atoms with van der Waals surface area (Å²) in [5.41, 5.74) is 4.71. The molecule has 6 rings (SSSR count). The van der Waals surface area contributed by atoms with Gasteiger partial charge in [0, 0.05) is 18.1 Å². The van der Waals surface area contributed by atoms with Crippen LogP contribution >= 0.6 is 0 Å². The van der Waals surface area contributed by atoms with Crippen LogP contribution in [0.1, 0.15) is 54.5 Å². The molecule has 2 saturated carbocycles. The molecular formula is C28H26N2O3. The maximum Gasteiger partial charge on any atom is 0.230 e. The van der Waals surface area contributed by atoms with Crippen molar-refractivity contribution in [2.45, 2.75) is 44.6 Å². The second kappa shape index (κ2) is 7.84. The molecule has 2 fully saturated rings. The molecule has 2 aromatic carbocycles. The molecule has 2 heterocycles. The molecule has 1 amide bonds. The van der Waals surface area contributed by atoms with Gasteiger partial charge in [0.2, 0.25) is 5.91 Å². The number of aliphatic imine (C=N–C) groups is 1. The molecule has 1 aromatic heterocycles. The van der Waals surface area contributed by atoms with Crippen LogP contribution in [0.3, 0.4) is 0 Å². The smallest absolute Gasteiger partial charge is 0.230 e. The first kappa shape index (κ1) is 20.2. The van der Waals surface area contributed by atoms with Crippen LogP contribution < -0.4 is 4.90 Å². The fourth-order valence-electron chi connectivity index (χ4n) is 5.30. The number of para-hydroxylation sites is 2. The summed E-state index contributed by atoms with van der Waals surface area (Å²) in [4.78, 5) is 34.2. The van der Waals surface area contributed by atoms with Crippen molar-refractivity contribution in [2.24, 2.45) is 16.8 Å². The van der Waals surface area contributed by atoms with Crippen molar-refractivity contribution in [3.63, 3.8) is 0 Å². The van der Waals surface area contributed by atoms with Crippen LogP contribution in [0, 0.1) is 18.8 Å². The Hall–Kier alpha value is -3.47. The summed E-state index contributed by atoms with van der Waals surface area (Å²) in [6.07, 6.45) is 4.53. The van der Waals surface area contributed by atoms with Gasteiger partial charge in [-0.3, -0.25) is 19.5 Å². The number of furan rings is 1. The monoisotopic (exact) mass is 438 g/mol. The second-order valence-electron chi connectivity index (χ2n) is 9.49. The molecule has 2 aliphatic carbocycles. The molecule has 0 saturated heterocycles. The van der Waals surface area contributed by atoms with Crippen molar-refractivity contribution < 1.29 is 14.0 Å². The average Bonchev–Trinajstić information content (AvgIpc) is 3.56. The van der Waals surface area contributed by atoms with Gasteiger partial charge in [0.1, 0.15) is 17.6 Å². The van der Waals surface area contributed by atoms with E-state index in [1.807, 2.05) is 41.3 Å². The minimum Gasteiger partial charge on any atom is -0.467 e. The third-order valence-electron chi connectivity index (χ3n) is 7.16. The van der Waals surface area contributed by atoms with Gasteiger partial charge >= 0.3 is 0 Å². The topological polar surface area (TPSA) is 62.9 Å². The molecular weight excluding hydrogens is 412 g/mol. The predicted molar refractivity (Wildman–Crippen MR) is 127 cm³/mol. The van der Waals surface area contributed by atoms with E-state index < -0.39 is 12.0 Å². The quantitative estimate of drug-likeness (QED) is 0.510. The second-order valence-corrected chi connectivity index (χ2v) is 9.49. The van der Waals surface area contributed by atoms with Crippen molar-refractivity contribution in [3.05, 3.63) is 83.8 Å². The number of rotatable bonds is 3. The van der Waals surface area contributed by atoms with Crippen LogP contribution in [0.2, 0.25) is 0 Å². The maximum absolute atomic E-state index is 13.8. The van der Waals surface area contributed by atoms with Crippen molar-refractivity contribution in [1.29, 1.82) is 0 Å². The van der Waals surface area contributed by atoms with Crippen LogP contribution in [0.5, 0.6) is 0 Å². The number of ketones is 1. The average molecular weight is 439 g/mol. The number of nitrogens with zero attached hydrogens (tertiary/aromatic N) is 2. The summed E-state index contributed by atoms with van der Waals surface area (Å²) in [6.45, 7) is 2.07. The maximum atomic E-state index is 13.8. The Kier molecular flexibility index (Phi) is 4.79. The lowest BCUT2D eigenvalue weighted by atomic mass is 9.72. The van der Waals surface area contributed by atoms with E-state index in [0.717, 1.165) is 35.5 Å². The Morgan fingerprint density at radius 2 is 1.79 bits per heavy atom. The van der Waals surface area contributed by atoms with E-state index >= 15 is 0 Å². The molecule has 3 aliphatic rings. The Balaban J connectivity index is 1.49. The first-order chi connectivity index (χ1) is 16.1. The minimum atomic E-state index is -0.512. The number of hydrogen-bond donors (Lipinski definition) is 0. The molecule has 1 aliphatic heterocycles. The molecule has 3 unspecified atom stereocenters. The van der Waals surface area contributed by atoms with Crippen LogP contribution in [0.15, 0.2) is 76.3 Å². The highest BCUT2D eigenvalue weighted by Gasteiger charge is 2.49. The Bertz CT molecular complexity index is 1240. The molecule has 5 heteroatoms. The van der Waals surface area contributed by atoms with Gasteiger partial charge in [-0.2, -0.15) is 0 Å². The van der Waals surface area contributed by atoms with Gasteiger partial charge in [-0.15, -0.1) is 0 Å². The lowest BCUT2D eigenvalue weighted by Crippen LogP contribution is -2.46. The zero-order valence-electron chi connectivity index (χ0n) is 18.6. The first-order valence-corrected chi connectivity index (χ1v) is 11.7. The SMILES string of the molecule is Cc1ccc(C2CC(=O)C3C(=Nc4ccccc4N(C(=O)C4CC4)C3c3ccco3)C2)cc1. The van der Waals surface area contributed by atoms with E-state index in [9.17, 15) is 9.59 Å². The molecule has 0 N–H and O–H groups in total. The summed E-state index contributed by atoms with van der Waals surface area (Å²) in [5, 5.41) is 0. The molecule has 3 atom stereocenters. The first-order valence-electron chi connectivity index (χ1n) is 11.7. The highest BCUT2D eigenvalue weighted by atomic mass is 16.3. The van der Waals surface area contributed by atoms with Crippen LogP contribution in [-0.2, 0) is 9.59 Å². The van der Waals surface area contributed by atoms with Gasteiger partial charge < -0.3 is 4.42 Å². The normalized spacial score (nSPS) is 24.5. The molecule has 0 bridgehead atoms. The van der Waals surface area contributed by atoms with Crippen molar-refractivity contribution >= 4 is 28.8 Å². The minimum absolute atomic E-state index is 0.0102. The number of anilines is 1. The number of aryl methyl sites for hydroxylation is 1. The van der Waals surface area contributed by atoms with E-state index in [1.54, 1.807) is 6.26 Å². The number of benzene rings is 2. The molecule has 0 radical (unpaired) electrons. The van der Waals surface area contributed by atoms with E-state index in [0.29, 0.717) is 18.6 Å². The summed E-state index contributed by atoms with van der Waals surface area (Å²) in [6, 6.07) is 19.4. The van der Waals surface area contributed by atoms with Crippen LogP contribution in [0.25, 0.3) is 0 Å². The van der Waals surface area contributed by atoms with E-state index in [2.05, 4.69) is 31.2 Å². The van der Waals surface area contributed by atoms with Crippen molar-refractivity contribution in [3.8, 4) is 0 Å². The van der Waals surface area contributed by atoms with Gasteiger partial charge in [-0.05, 0) is 61.9 Å². The third kappa shape index (κ3) is 3.52. The number of fused-ring (bicyclic) bond motifs is 2. The number of amides is 1. The number of hydrogen-bond acceptors (Lipinski definition) is 4. The Morgan fingerprint density at radius 1 is 1.00 bits per heavy atom. The van der Waals surface area contributed by atoms with Crippen molar-refractivity contribution in [1.82, 2.24) is 0 Å². The summed E-state index contributed by atoms with van der Waals surface area (Å²) in [7, 11) is 0. The Labute approximate surface area is 193 Å². The standard InChI is InChI=1S/C28H26N2O3/c1-17-8-10-18(11-9-17)20-15-22-26(24(31)16-20)27(25-7-4-14-33-25)30(28(32)19-12-13-19)23-6-3-2-5-21(23)29-22/h2-11,14,19-20,26-27H,12-13,15-16H2,1H3. The molecule has 33 heavy (non-hydrogen) atoms. The molecule has 0 spiro atoms. The highest BCUT2D eigenvalue weighted by molar-refractivity contribution is 6.13. The molecule has 5 nitrogen and oxygen atoms in total. The van der Waals surface area contributed by atoms with E-state index in [-0.39, 0.29) is 23.5 Å². The predicted octanol–water partition coefficient (Wildman–Crippen LogP) is 5.92. The fraction of sp³-hybridized carbons (Fsp3) is 0.321. The van der Waals surface area contributed by atoms with Crippen molar-refractivity contribution in [2.75, 3.05) is 4.90 Å².